The summed E-state index contributed by atoms with van der Waals surface area (Å²) in [6.07, 6.45) is 0. The fourth-order valence-electron chi connectivity index (χ4n) is 3.04. The first kappa shape index (κ1) is 22.5. The van der Waals surface area contributed by atoms with Crippen LogP contribution in [0.4, 0.5) is 8.78 Å². The van der Waals surface area contributed by atoms with Crippen molar-refractivity contribution in [2.75, 3.05) is 20.6 Å². The summed E-state index contributed by atoms with van der Waals surface area (Å²) in [5.74, 6) is -3.58. The molecule has 0 bridgehead atoms. The Morgan fingerprint density at radius 3 is 2.07 bits per heavy atom. The van der Waals surface area contributed by atoms with E-state index < -0.39 is 35.1 Å². The maximum Gasteiger partial charge on any atom is 0.257 e. The Bertz CT molecular complexity index is 821. The maximum atomic E-state index is 13.9. The Morgan fingerprint density at radius 1 is 0.966 bits per heavy atom. The molecule has 2 amide bonds. The number of nitrogens with zero attached hydrogens (tertiary/aromatic N) is 1. The number of amides is 2. The zero-order chi connectivity index (χ0) is 21.6. The van der Waals surface area contributed by atoms with Crippen LogP contribution in [0.1, 0.15) is 35.8 Å². The molecule has 0 spiro atoms. The molecule has 156 valence electrons. The van der Waals surface area contributed by atoms with Gasteiger partial charge in [-0.15, -0.1) is 0 Å². The number of hydrogen-bond acceptors (Lipinski definition) is 3. The second-order valence-electron chi connectivity index (χ2n) is 7.43. The molecule has 0 aromatic heterocycles. The third kappa shape index (κ3) is 5.84. The minimum absolute atomic E-state index is 0.0623. The van der Waals surface area contributed by atoms with Crippen LogP contribution in [0, 0.1) is 17.6 Å². The zero-order valence-electron chi connectivity index (χ0n) is 17.1. The van der Waals surface area contributed by atoms with E-state index in [2.05, 4.69) is 10.6 Å². The summed E-state index contributed by atoms with van der Waals surface area (Å²) < 4.78 is 27.8. The Balaban J connectivity index is 2.10. The molecule has 0 aliphatic rings. The molecule has 2 aromatic rings. The number of nitrogens with one attached hydrogen (secondary N) is 2. The third-order valence-corrected chi connectivity index (χ3v) is 4.70. The van der Waals surface area contributed by atoms with Crippen LogP contribution in [0.15, 0.2) is 48.5 Å². The van der Waals surface area contributed by atoms with Crippen molar-refractivity contribution in [2.24, 2.45) is 5.92 Å². The average Bonchev–Trinajstić information content (AvgIpc) is 2.66. The molecular weight excluding hydrogens is 376 g/mol. The Morgan fingerprint density at radius 2 is 1.55 bits per heavy atom. The van der Waals surface area contributed by atoms with Gasteiger partial charge in [0.25, 0.3) is 5.91 Å². The van der Waals surface area contributed by atoms with E-state index in [-0.39, 0.29) is 12.0 Å². The number of carbonyl (C=O) groups is 2. The van der Waals surface area contributed by atoms with Crippen molar-refractivity contribution in [1.82, 2.24) is 15.5 Å². The number of likely N-dealkylation sites (N-methyl/N-ethyl adjacent to an activating group) is 1. The second-order valence-corrected chi connectivity index (χ2v) is 7.43. The largest absolute Gasteiger partial charge is 0.352 e. The van der Waals surface area contributed by atoms with E-state index in [1.165, 1.54) is 6.07 Å². The van der Waals surface area contributed by atoms with Crippen molar-refractivity contribution in [3.8, 4) is 0 Å². The molecule has 7 heteroatoms. The fraction of sp³-hybridized carbons (Fsp3) is 0.364. The van der Waals surface area contributed by atoms with E-state index >= 15 is 0 Å². The predicted octanol–water partition coefficient (Wildman–Crippen LogP) is 3.14. The summed E-state index contributed by atoms with van der Waals surface area (Å²) in [5.41, 5.74) is 0.345. The topological polar surface area (TPSA) is 61.4 Å². The summed E-state index contributed by atoms with van der Waals surface area (Å²) in [7, 11) is 3.82. The first-order valence-corrected chi connectivity index (χ1v) is 9.46. The third-order valence-electron chi connectivity index (χ3n) is 4.70. The molecule has 5 nitrogen and oxygen atoms in total. The van der Waals surface area contributed by atoms with Gasteiger partial charge in [-0.05, 0) is 37.7 Å². The molecule has 0 saturated carbocycles. The SMILES string of the molecule is CC(C)[C@@H](NC(=O)c1c(F)cccc1F)C(=O)NC[C@H](c1ccccc1)N(C)C. The van der Waals surface area contributed by atoms with Crippen LogP contribution < -0.4 is 10.6 Å². The highest BCUT2D eigenvalue weighted by atomic mass is 19.1. The quantitative estimate of drug-likeness (QED) is 0.712. The minimum atomic E-state index is -0.970. The number of benzene rings is 2. The van der Waals surface area contributed by atoms with Crippen LogP contribution in [0.2, 0.25) is 0 Å². The van der Waals surface area contributed by atoms with Gasteiger partial charge in [-0.2, -0.15) is 0 Å². The highest BCUT2D eigenvalue weighted by Crippen LogP contribution is 2.17. The van der Waals surface area contributed by atoms with Crippen LogP contribution in [-0.2, 0) is 4.79 Å². The molecule has 2 atom stereocenters. The van der Waals surface area contributed by atoms with Gasteiger partial charge in [0.15, 0.2) is 0 Å². The first-order chi connectivity index (χ1) is 13.7. The van der Waals surface area contributed by atoms with Crippen molar-refractivity contribution >= 4 is 11.8 Å². The van der Waals surface area contributed by atoms with Crippen molar-refractivity contribution in [2.45, 2.75) is 25.9 Å². The van der Waals surface area contributed by atoms with Gasteiger partial charge in [0.1, 0.15) is 23.2 Å². The molecule has 0 unspecified atom stereocenters. The number of rotatable bonds is 8. The second kappa shape index (κ2) is 10.1. The van der Waals surface area contributed by atoms with Gasteiger partial charge in [-0.25, -0.2) is 8.78 Å². The van der Waals surface area contributed by atoms with Crippen molar-refractivity contribution in [1.29, 1.82) is 0 Å². The standard InChI is InChI=1S/C22H27F2N3O2/c1-14(2)20(26-21(28)19-16(23)11-8-12-17(19)24)22(29)25-13-18(27(3)4)15-9-6-5-7-10-15/h5-12,14,18,20H,13H2,1-4H3,(H,25,29)(H,26,28)/t18-,20-/m1/s1. The normalized spacial score (nSPS) is 13.2. The van der Waals surface area contributed by atoms with Gasteiger partial charge in [-0.3, -0.25) is 9.59 Å². The molecule has 0 radical (unpaired) electrons. The van der Waals surface area contributed by atoms with Gasteiger partial charge < -0.3 is 15.5 Å². The lowest BCUT2D eigenvalue weighted by Gasteiger charge is -2.27. The zero-order valence-corrected chi connectivity index (χ0v) is 17.1. The Kier molecular flexibility index (Phi) is 7.84. The molecule has 2 aromatic carbocycles. The summed E-state index contributed by atoms with van der Waals surface area (Å²) >= 11 is 0. The van der Waals surface area contributed by atoms with Crippen LogP contribution in [-0.4, -0.2) is 43.4 Å². The van der Waals surface area contributed by atoms with E-state index in [1.807, 2.05) is 49.3 Å². The van der Waals surface area contributed by atoms with Gasteiger partial charge in [0, 0.05) is 6.54 Å². The smallest absolute Gasteiger partial charge is 0.257 e. The van der Waals surface area contributed by atoms with E-state index in [4.69, 9.17) is 0 Å². The first-order valence-electron chi connectivity index (χ1n) is 9.46. The molecule has 2 rings (SSSR count). The summed E-state index contributed by atoms with van der Waals surface area (Å²) in [5, 5.41) is 5.31. The van der Waals surface area contributed by atoms with E-state index in [9.17, 15) is 18.4 Å². The molecule has 2 N–H and O–H groups in total. The highest BCUT2D eigenvalue weighted by Gasteiger charge is 2.28. The van der Waals surface area contributed by atoms with E-state index in [0.29, 0.717) is 6.54 Å². The molecule has 0 aliphatic heterocycles. The van der Waals surface area contributed by atoms with Crippen LogP contribution in [0.5, 0.6) is 0 Å². The van der Waals surface area contributed by atoms with Gasteiger partial charge >= 0.3 is 0 Å². The summed E-state index contributed by atoms with van der Waals surface area (Å²) in [6.45, 7) is 3.83. The highest BCUT2D eigenvalue weighted by molar-refractivity contribution is 5.98. The molecular formula is C22H27F2N3O2. The minimum Gasteiger partial charge on any atom is -0.352 e. The monoisotopic (exact) mass is 403 g/mol. The Hall–Kier alpha value is -2.80. The lowest BCUT2D eigenvalue weighted by molar-refractivity contribution is -0.124. The maximum absolute atomic E-state index is 13.9. The van der Waals surface area contributed by atoms with Crippen molar-refractivity contribution in [3.63, 3.8) is 0 Å². The van der Waals surface area contributed by atoms with Crippen LogP contribution in [0.3, 0.4) is 0 Å². The number of halogens is 2. The van der Waals surface area contributed by atoms with E-state index in [1.54, 1.807) is 13.8 Å². The van der Waals surface area contributed by atoms with Crippen molar-refractivity contribution in [3.05, 3.63) is 71.3 Å². The fourth-order valence-corrected chi connectivity index (χ4v) is 3.04. The molecule has 0 fully saturated rings. The lowest BCUT2D eigenvalue weighted by atomic mass is 10.0. The lowest BCUT2D eigenvalue weighted by Crippen LogP contribution is -2.51. The average molecular weight is 403 g/mol. The molecule has 0 saturated heterocycles. The van der Waals surface area contributed by atoms with Crippen LogP contribution >= 0.6 is 0 Å². The molecule has 0 aliphatic carbocycles. The predicted molar refractivity (Wildman–Crippen MR) is 108 cm³/mol. The number of carbonyl (C=O) groups excluding carboxylic acids is 2. The summed E-state index contributed by atoms with van der Waals surface area (Å²) in [4.78, 5) is 27.1. The summed E-state index contributed by atoms with van der Waals surface area (Å²) in [6, 6.07) is 11.9. The van der Waals surface area contributed by atoms with Gasteiger partial charge in [0.05, 0.1) is 6.04 Å². The molecule has 29 heavy (non-hydrogen) atoms. The molecule has 0 heterocycles. The number of hydrogen-bond donors (Lipinski definition) is 2. The van der Waals surface area contributed by atoms with E-state index in [0.717, 1.165) is 17.7 Å². The van der Waals surface area contributed by atoms with Crippen molar-refractivity contribution < 1.29 is 18.4 Å². The Labute approximate surface area is 170 Å². The van der Waals surface area contributed by atoms with Gasteiger partial charge in [0.2, 0.25) is 5.91 Å². The van der Waals surface area contributed by atoms with Crippen LogP contribution in [0.25, 0.3) is 0 Å². The van der Waals surface area contributed by atoms with Gasteiger partial charge in [-0.1, -0.05) is 50.2 Å².